The molecular formula is C17H31NO. The maximum absolute atomic E-state index is 12.6. The summed E-state index contributed by atoms with van der Waals surface area (Å²) >= 11 is 0. The average molecular weight is 265 g/mol. The first-order valence-electron chi connectivity index (χ1n) is 7.18. The van der Waals surface area contributed by atoms with Gasteiger partial charge in [-0.15, -0.1) is 0 Å². The second-order valence-electron chi connectivity index (χ2n) is 6.95. The lowest BCUT2D eigenvalue weighted by atomic mass is 9.81. The Morgan fingerprint density at radius 1 is 1.16 bits per heavy atom. The van der Waals surface area contributed by atoms with E-state index in [-0.39, 0.29) is 17.2 Å². The van der Waals surface area contributed by atoms with Crippen molar-refractivity contribution in [1.29, 1.82) is 0 Å². The Labute approximate surface area is 119 Å². The molecule has 0 radical (unpaired) electrons. The third-order valence-electron chi connectivity index (χ3n) is 3.30. The van der Waals surface area contributed by atoms with Crippen LogP contribution in [0, 0.1) is 17.3 Å². The van der Waals surface area contributed by atoms with Crippen molar-refractivity contribution in [2.75, 3.05) is 6.54 Å². The molecule has 0 aliphatic heterocycles. The summed E-state index contributed by atoms with van der Waals surface area (Å²) in [6, 6.07) is 0. The fourth-order valence-electron chi connectivity index (χ4n) is 1.40. The van der Waals surface area contributed by atoms with Gasteiger partial charge in [0.05, 0.1) is 0 Å². The smallest absolute Gasteiger partial charge is 0.230 e. The van der Waals surface area contributed by atoms with E-state index in [1.54, 1.807) is 0 Å². The monoisotopic (exact) mass is 265 g/mol. The number of hydrogen-bond acceptors (Lipinski definition) is 1. The molecule has 0 aliphatic rings. The fourth-order valence-corrected chi connectivity index (χ4v) is 1.40. The van der Waals surface area contributed by atoms with Crippen LogP contribution in [0.4, 0.5) is 0 Å². The van der Waals surface area contributed by atoms with E-state index in [0.717, 1.165) is 0 Å². The van der Waals surface area contributed by atoms with Crippen LogP contribution in [-0.2, 0) is 4.79 Å². The topological polar surface area (TPSA) is 20.3 Å². The van der Waals surface area contributed by atoms with E-state index in [4.69, 9.17) is 0 Å². The molecule has 0 aromatic carbocycles. The van der Waals surface area contributed by atoms with E-state index in [1.807, 2.05) is 18.0 Å². The van der Waals surface area contributed by atoms with Gasteiger partial charge < -0.3 is 4.90 Å². The van der Waals surface area contributed by atoms with E-state index in [1.165, 1.54) is 5.57 Å². The fraction of sp³-hybridized carbons (Fsp3) is 0.706. The number of carbonyl (C=O) groups excluding carboxylic acids is 1. The number of nitrogens with zero attached hydrogens (tertiary/aromatic N) is 1. The summed E-state index contributed by atoms with van der Waals surface area (Å²) < 4.78 is 0. The van der Waals surface area contributed by atoms with Crippen molar-refractivity contribution in [3.05, 3.63) is 23.9 Å². The molecule has 1 atom stereocenters. The third-order valence-corrected chi connectivity index (χ3v) is 3.30. The molecule has 19 heavy (non-hydrogen) atoms. The molecule has 1 amide bonds. The number of allylic oxidation sites excluding steroid dienone is 2. The van der Waals surface area contributed by atoms with Crippen LogP contribution in [0.15, 0.2) is 23.9 Å². The quantitative estimate of drug-likeness (QED) is 0.663. The largest absolute Gasteiger partial charge is 0.315 e. The van der Waals surface area contributed by atoms with Crippen molar-refractivity contribution in [2.24, 2.45) is 17.3 Å². The second-order valence-corrected chi connectivity index (χ2v) is 6.95. The number of hydrogen-bond donors (Lipinski definition) is 0. The predicted molar refractivity (Wildman–Crippen MR) is 83.7 cm³/mol. The molecule has 1 unspecified atom stereocenters. The van der Waals surface area contributed by atoms with Crippen LogP contribution in [0.3, 0.4) is 0 Å². The van der Waals surface area contributed by atoms with Crippen LogP contribution in [0.5, 0.6) is 0 Å². The Bertz CT molecular complexity index is 341. The molecule has 0 N–H and O–H groups in total. The molecule has 0 bridgehead atoms. The van der Waals surface area contributed by atoms with Gasteiger partial charge in [-0.1, -0.05) is 59.3 Å². The van der Waals surface area contributed by atoms with Gasteiger partial charge in [0.15, 0.2) is 0 Å². The summed E-state index contributed by atoms with van der Waals surface area (Å²) in [5.41, 5.74) is 1.23. The van der Waals surface area contributed by atoms with E-state index in [2.05, 4.69) is 60.6 Å². The van der Waals surface area contributed by atoms with Gasteiger partial charge in [-0.2, -0.15) is 0 Å². The second kappa shape index (κ2) is 7.52. The summed E-state index contributed by atoms with van der Waals surface area (Å²) in [4.78, 5) is 14.4. The molecular weight excluding hydrogens is 234 g/mol. The molecule has 0 rings (SSSR count). The van der Waals surface area contributed by atoms with E-state index >= 15 is 0 Å². The Balaban J connectivity index is 5.02. The first-order chi connectivity index (χ1) is 8.55. The van der Waals surface area contributed by atoms with Crippen molar-refractivity contribution in [1.82, 2.24) is 4.90 Å². The van der Waals surface area contributed by atoms with Gasteiger partial charge in [0, 0.05) is 18.7 Å². The molecule has 0 saturated carbocycles. The highest BCUT2D eigenvalue weighted by atomic mass is 16.2. The van der Waals surface area contributed by atoms with E-state index < -0.39 is 0 Å². The highest BCUT2D eigenvalue weighted by Gasteiger charge is 2.29. The van der Waals surface area contributed by atoms with Crippen molar-refractivity contribution >= 4 is 5.91 Å². The summed E-state index contributed by atoms with van der Waals surface area (Å²) in [7, 11) is 0. The molecule has 2 heteroatoms. The minimum Gasteiger partial charge on any atom is -0.315 e. The van der Waals surface area contributed by atoms with Gasteiger partial charge in [0.2, 0.25) is 5.91 Å². The lowest BCUT2D eigenvalue weighted by molar-refractivity contribution is -0.135. The Hall–Kier alpha value is -1.05. The van der Waals surface area contributed by atoms with Crippen LogP contribution in [-0.4, -0.2) is 17.4 Å². The minimum absolute atomic E-state index is 0.00796. The molecule has 0 aliphatic carbocycles. The highest BCUT2D eigenvalue weighted by molar-refractivity contribution is 5.80. The standard InChI is InChI=1S/C17H31NO/c1-13(2)9-11-18(12-10-14(3)4)16(19)15(5)17(6,7)8/h9-11,13,15H,12H2,1-8H3. The van der Waals surface area contributed by atoms with Crippen LogP contribution in [0.1, 0.15) is 55.4 Å². The molecule has 0 heterocycles. The first kappa shape index (κ1) is 17.9. The van der Waals surface area contributed by atoms with Gasteiger partial charge in [-0.05, 0) is 25.2 Å². The average Bonchev–Trinajstić information content (AvgIpc) is 2.25. The van der Waals surface area contributed by atoms with Crippen LogP contribution < -0.4 is 0 Å². The Morgan fingerprint density at radius 3 is 2.05 bits per heavy atom. The number of rotatable bonds is 5. The van der Waals surface area contributed by atoms with Crippen LogP contribution in [0.2, 0.25) is 0 Å². The van der Waals surface area contributed by atoms with Gasteiger partial charge in [0.25, 0.3) is 0 Å². The number of amides is 1. The van der Waals surface area contributed by atoms with Gasteiger partial charge >= 0.3 is 0 Å². The van der Waals surface area contributed by atoms with Crippen molar-refractivity contribution in [2.45, 2.75) is 55.4 Å². The summed E-state index contributed by atoms with van der Waals surface area (Å²) in [6.07, 6.45) is 6.11. The van der Waals surface area contributed by atoms with Crippen LogP contribution >= 0.6 is 0 Å². The summed E-state index contributed by atoms with van der Waals surface area (Å²) in [5.74, 6) is 0.656. The SMILES string of the molecule is CC(C)=CCN(C=CC(C)C)C(=O)C(C)C(C)(C)C. The van der Waals surface area contributed by atoms with E-state index in [9.17, 15) is 4.79 Å². The van der Waals surface area contributed by atoms with Gasteiger partial charge in [-0.25, -0.2) is 0 Å². The molecule has 0 aromatic heterocycles. The van der Waals surface area contributed by atoms with Crippen molar-refractivity contribution < 1.29 is 4.79 Å². The molecule has 0 aromatic rings. The van der Waals surface area contributed by atoms with Crippen molar-refractivity contribution in [3.8, 4) is 0 Å². The molecule has 0 fully saturated rings. The third kappa shape index (κ3) is 7.19. The van der Waals surface area contributed by atoms with Gasteiger partial charge in [0.1, 0.15) is 0 Å². The van der Waals surface area contributed by atoms with Crippen molar-refractivity contribution in [3.63, 3.8) is 0 Å². The molecule has 0 saturated heterocycles. The highest BCUT2D eigenvalue weighted by Crippen LogP contribution is 2.27. The summed E-state index contributed by atoms with van der Waals surface area (Å²) in [6.45, 7) is 17.4. The normalized spacial score (nSPS) is 13.7. The lowest BCUT2D eigenvalue weighted by Crippen LogP contribution is -2.37. The molecule has 2 nitrogen and oxygen atoms in total. The zero-order chi connectivity index (χ0) is 15.2. The first-order valence-corrected chi connectivity index (χ1v) is 7.18. The zero-order valence-corrected chi connectivity index (χ0v) is 13.9. The van der Waals surface area contributed by atoms with Gasteiger partial charge in [-0.3, -0.25) is 4.79 Å². The summed E-state index contributed by atoms with van der Waals surface area (Å²) in [5, 5.41) is 0. The van der Waals surface area contributed by atoms with E-state index in [0.29, 0.717) is 12.5 Å². The number of carbonyl (C=O) groups is 1. The molecule has 0 spiro atoms. The Morgan fingerprint density at radius 2 is 1.68 bits per heavy atom. The van der Waals surface area contributed by atoms with Crippen LogP contribution in [0.25, 0.3) is 0 Å². The lowest BCUT2D eigenvalue weighted by Gasteiger charge is -2.30. The minimum atomic E-state index is -0.00796. The maximum Gasteiger partial charge on any atom is 0.230 e. The zero-order valence-electron chi connectivity index (χ0n) is 13.9. The Kier molecular flexibility index (Phi) is 7.10. The maximum atomic E-state index is 12.6. The molecule has 110 valence electrons. The predicted octanol–water partition coefficient (Wildman–Crippen LogP) is 4.63.